The lowest BCUT2D eigenvalue weighted by atomic mass is 10.0. The van der Waals surface area contributed by atoms with Crippen LogP contribution < -0.4 is 5.32 Å². The van der Waals surface area contributed by atoms with E-state index in [4.69, 9.17) is 11.6 Å². The van der Waals surface area contributed by atoms with E-state index in [1.165, 1.54) is 0 Å². The molecule has 19 heavy (non-hydrogen) atoms. The van der Waals surface area contributed by atoms with Gasteiger partial charge in [-0.2, -0.15) is 0 Å². The summed E-state index contributed by atoms with van der Waals surface area (Å²) < 4.78 is 15.9. The highest BCUT2D eigenvalue weighted by Crippen LogP contribution is 2.35. The van der Waals surface area contributed by atoms with E-state index in [1.807, 2.05) is 18.4 Å². The van der Waals surface area contributed by atoms with Crippen LogP contribution in [0.4, 0.5) is 4.39 Å². The Morgan fingerprint density at radius 2 is 2.16 bits per heavy atom. The SMILES string of the molecule is CCNC(c1cc(Br)cs1)c1ccc(Br)c(Cl)c1F. The molecule has 0 spiro atoms. The van der Waals surface area contributed by atoms with E-state index in [2.05, 4.69) is 37.2 Å². The highest BCUT2D eigenvalue weighted by Gasteiger charge is 2.21. The van der Waals surface area contributed by atoms with Crippen molar-refractivity contribution in [2.75, 3.05) is 6.54 Å². The number of hydrogen-bond donors (Lipinski definition) is 1. The highest BCUT2D eigenvalue weighted by atomic mass is 79.9. The van der Waals surface area contributed by atoms with Crippen LogP contribution in [-0.2, 0) is 0 Å². The van der Waals surface area contributed by atoms with E-state index >= 15 is 0 Å². The van der Waals surface area contributed by atoms with Crippen molar-refractivity contribution in [2.24, 2.45) is 0 Å². The molecule has 0 amide bonds. The molecule has 2 aromatic rings. The molecule has 1 nitrogen and oxygen atoms in total. The lowest BCUT2D eigenvalue weighted by Crippen LogP contribution is -2.22. The van der Waals surface area contributed by atoms with Crippen LogP contribution in [0.2, 0.25) is 5.02 Å². The van der Waals surface area contributed by atoms with Crippen LogP contribution in [-0.4, -0.2) is 6.54 Å². The van der Waals surface area contributed by atoms with E-state index in [0.29, 0.717) is 10.0 Å². The predicted octanol–water partition coefficient (Wildman–Crippen LogP) is 5.76. The zero-order valence-corrected chi connectivity index (χ0v) is 14.8. The zero-order chi connectivity index (χ0) is 14.0. The van der Waals surface area contributed by atoms with E-state index in [0.717, 1.165) is 15.9 Å². The van der Waals surface area contributed by atoms with Crippen molar-refractivity contribution in [1.82, 2.24) is 5.32 Å². The Balaban J connectivity index is 2.48. The average molecular weight is 428 g/mol. The summed E-state index contributed by atoms with van der Waals surface area (Å²) in [5.41, 5.74) is 0.560. The Bertz CT molecular complexity index is 588. The van der Waals surface area contributed by atoms with Crippen LogP contribution >= 0.6 is 54.8 Å². The molecule has 6 heteroatoms. The second kappa shape index (κ2) is 6.68. The maximum atomic E-state index is 14.3. The average Bonchev–Trinajstić information content (AvgIpc) is 2.81. The van der Waals surface area contributed by atoms with Gasteiger partial charge in [-0.15, -0.1) is 11.3 Å². The monoisotopic (exact) mass is 425 g/mol. The smallest absolute Gasteiger partial charge is 0.148 e. The van der Waals surface area contributed by atoms with Crippen molar-refractivity contribution in [1.29, 1.82) is 0 Å². The molecular formula is C13H11Br2ClFNS. The van der Waals surface area contributed by atoms with Gasteiger partial charge in [0.15, 0.2) is 0 Å². The Hall–Kier alpha value is 0.0600. The third-order valence-electron chi connectivity index (χ3n) is 2.66. The van der Waals surface area contributed by atoms with Gasteiger partial charge in [0.1, 0.15) is 5.82 Å². The van der Waals surface area contributed by atoms with Gasteiger partial charge in [0.05, 0.1) is 11.1 Å². The minimum absolute atomic E-state index is 0.121. The number of thiophene rings is 1. The molecule has 1 aromatic heterocycles. The number of benzene rings is 1. The molecule has 1 aromatic carbocycles. The second-order valence-corrected chi connectivity index (χ2v) is 7.01. The van der Waals surface area contributed by atoms with Gasteiger partial charge < -0.3 is 5.32 Å². The fraction of sp³-hybridized carbons (Fsp3) is 0.231. The van der Waals surface area contributed by atoms with Gasteiger partial charge in [-0.25, -0.2) is 4.39 Å². The number of hydrogen-bond acceptors (Lipinski definition) is 2. The van der Waals surface area contributed by atoms with Gasteiger partial charge in [-0.3, -0.25) is 0 Å². The molecule has 1 unspecified atom stereocenters. The molecule has 1 atom stereocenters. The van der Waals surface area contributed by atoms with Crippen molar-refractivity contribution in [3.8, 4) is 0 Å². The quantitative estimate of drug-likeness (QED) is 0.612. The Labute approximate surface area is 137 Å². The molecule has 0 aliphatic rings. The molecule has 1 N–H and O–H groups in total. The summed E-state index contributed by atoms with van der Waals surface area (Å²) in [6.07, 6.45) is 0. The largest absolute Gasteiger partial charge is 0.306 e. The Morgan fingerprint density at radius 3 is 2.74 bits per heavy atom. The van der Waals surface area contributed by atoms with Crippen LogP contribution in [0, 0.1) is 5.82 Å². The lowest BCUT2D eigenvalue weighted by molar-refractivity contribution is 0.563. The first-order valence-electron chi connectivity index (χ1n) is 5.65. The Morgan fingerprint density at radius 1 is 1.42 bits per heavy atom. The van der Waals surface area contributed by atoms with Crippen LogP contribution in [0.15, 0.2) is 32.5 Å². The maximum absolute atomic E-state index is 14.3. The van der Waals surface area contributed by atoms with E-state index in [-0.39, 0.29) is 16.9 Å². The van der Waals surface area contributed by atoms with Crippen LogP contribution in [0.5, 0.6) is 0 Å². The van der Waals surface area contributed by atoms with Crippen molar-refractivity contribution < 1.29 is 4.39 Å². The second-order valence-electron chi connectivity index (χ2n) is 3.92. The molecule has 0 fully saturated rings. The Kier molecular flexibility index (Phi) is 5.43. The summed E-state index contributed by atoms with van der Waals surface area (Å²) in [6, 6.07) is 5.33. The van der Waals surface area contributed by atoms with Gasteiger partial charge in [0.2, 0.25) is 0 Å². The molecule has 0 bridgehead atoms. The van der Waals surface area contributed by atoms with Gasteiger partial charge in [0.25, 0.3) is 0 Å². The molecular weight excluding hydrogens is 416 g/mol. The number of rotatable bonds is 4. The van der Waals surface area contributed by atoms with Gasteiger partial charge in [0, 0.05) is 24.8 Å². The van der Waals surface area contributed by atoms with Gasteiger partial charge in [-0.05, 0) is 50.5 Å². The number of halogens is 4. The summed E-state index contributed by atoms with van der Waals surface area (Å²) in [5.74, 6) is -0.383. The molecule has 0 radical (unpaired) electrons. The lowest BCUT2D eigenvalue weighted by Gasteiger charge is -2.18. The molecule has 0 aliphatic heterocycles. The summed E-state index contributed by atoms with van der Waals surface area (Å²) >= 11 is 14.2. The van der Waals surface area contributed by atoms with Crippen molar-refractivity contribution in [3.05, 3.63) is 53.8 Å². The van der Waals surface area contributed by atoms with E-state index < -0.39 is 0 Å². The predicted molar refractivity (Wildman–Crippen MR) is 86.6 cm³/mol. The highest BCUT2D eigenvalue weighted by molar-refractivity contribution is 9.10. The molecule has 2 rings (SSSR count). The number of nitrogens with one attached hydrogen (secondary N) is 1. The minimum atomic E-state index is -0.383. The van der Waals surface area contributed by atoms with E-state index in [9.17, 15) is 4.39 Å². The molecule has 102 valence electrons. The first kappa shape index (κ1) is 15.4. The van der Waals surface area contributed by atoms with Crippen LogP contribution in [0.3, 0.4) is 0 Å². The van der Waals surface area contributed by atoms with Gasteiger partial charge >= 0.3 is 0 Å². The molecule has 0 saturated heterocycles. The van der Waals surface area contributed by atoms with Crippen LogP contribution in [0.1, 0.15) is 23.4 Å². The fourth-order valence-corrected chi connectivity index (χ4v) is 3.83. The topological polar surface area (TPSA) is 12.0 Å². The molecule has 0 saturated carbocycles. The third-order valence-corrected chi connectivity index (χ3v) is 5.67. The molecule has 1 heterocycles. The van der Waals surface area contributed by atoms with Crippen molar-refractivity contribution in [2.45, 2.75) is 13.0 Å². The van der Waals surface area contributed by atoms with Crippen LogP contribution in [0.25, 0.3) is 0 Å². The maximum Gasteiger partial charge on any atom is 0.148 e. The standard InChI is InChI=1S/C13H11Br2ClFNS/c1-2-18-13(10-5-7(14)6-19-10)8-3-4-9(15)11(16)12(8)17/h3-6,13,18H,2H2,1H3. The normalized spacial score (nSPS) is 12.7. The van der Waals surface area contributed by atoms with E-state index in [1.54, 1.807) is 23.5 Å². The molecule has 0 aliphatic carbocycles. The van der Waals surface area contributed by atoms with Crippen molar-refractivity contribution >= 4 is 54.8 Å². The summed E-state index contributed by atoms with van der Waals surface area (Å²) in [6.45, 7) is 2.74. The fourth-order valence-electron chi connectivity index (χ4n) is 1.81. The summed E-state index contributed by atoms with van der Waals surface area (Å²) in [4.78, 5) is 1.05. The first-order chi connectivity index (χ1) is 9.04. The minimum Gasteiger partial charge on any atom is -0.306 e. The summed E-state index contributed by atoms with van der Waals surface area (Å²) in [7, 11) is 0. The summed E-state index contributed by atoms with van der Waals surface area (Å²) in [5, 5.41) is 5.40. The first-order valence-corrected chi connectivity index (χ1v) is 8.49. The zero-order valence-electron chi connectivity index (χ0n) is 10.0. The van der Waals surface area contributed by atoms with Crippen molar-refractivity contribution in [3.63, 3.8) is 0 Å². The third kappa shape index (κ3) is 3.39. The van der Waals surface area contributed by atoms with Gasteiger partial charge in [-0.1, -0.05) is 24.6 Å².